The topological polar surface area (TPSA) is 74.8 Å². The van der Waals surface area contributed by atoms with Gasteiger partial charge in [-0.05, 0) is 51.8 Å². The number of carbonyl (C=O) groups excluding carboxylic acids is 1. The lowest BCUT2D eigenvalue weighted by Gasteiger charge is -2.35. The summed E-state index contributed by atoms with van der Waals surface area (Å²) in [4.78, 5) is 13.9. The van der Waals surface area contributed by atoms with Crippen LogP contribution in [0.3, 0.4) is 0 Å². The third-order valence-corrected chi connectivity index (χ3v) is 4.81. The van der Waals surface area contributed by atoms with Gasteiger partial charge in [-0.1, -0.05) is 0 Å². The van der Waals surface area contributed by atoms with E-state index < -0.39 is 0 Å². The first-order chi connectivity index (χ1) is 12.0. The third-order valence-electron chi connectivity index (χ3n) is 4.81. The summed E-state index contributed by atoms with van der Waals surface area (Å²) in [6.45, 7) is 7.45. The molecular formula is C19H23N5O. The normalized spacial score (nSPS) is 17.6. The van der Waals surface area contributed by atoms with Gasteiger partial charge in [0.2, 0.25) is 0 Å². The van der Waals surface area contributed by atoms with Gasteiger partial charge in [0.25, 0.3) is 0 Å². The second kappa shape index (κ2) is 7.06. The zero-order valence-electron chi connectivity index (χ0n) is 14.9. The molecule has 0 N–H and O–H groups in total. The van der Waals surface area contributed by atoms with Crippen molar-refractivity contribution in [2.45, 2.75) is 45.6 Å². The van der Waals surface area contributed by atoms with E-state index in [9.17, 15) is 10.1 Å². The molecule has 0 radical (unpaired) electrons. The molecule has 3 rings (SSSR count). The molecule has 0 saturated carbocycles. The number of hydrogen-bond donors (Lipinski definition) is 0. The molecule has 1 aromatic carbocycles. The number of benzene rings is 1. The molecule has 0 aliphatic carbocycles. The molecule has 0 amide bonds. The molecule has 6 nitrogen and oxygen atoms in total. The number of anilines is 1. The van der Waals surface area contributed by atoms with E-state index >= 15 is 0 Å². The maximum Gasteiger partial charge on any atom is 0.159 e. The minimum atomic E-state index is 0.0128. The van der Waals surface area contributed by atoms with Gasteiger partial charge < -0.3 is 9.47 Å². The lowest BCUT2D eigenvalue weighted by Crippen LogP contribution is -2.36. The van der Waals surface area contributed by atoms with E-state index in [1.54, 1.807) is 25.4 Å². The van der Waals surface area contributed by atoms with Crippen molar-refractivity contribution in [3.63, 3.8) is 0 Å². The minimum Gasteiger partial charge on any atom is -0.370 e. The Labute approximate surface area is 148 Å². The number of hydrogen-bond acceptors (Lipinski definition) is 5. The lowest BCUT2D eigenvalue weighted by atomic mass is 9.95. The largest absolute Gasteiger partial charge is 0.370 e. The first kappa shape index (κ1) is 17.2. The molecule has 1 fully saturated rings. The summed E-state index contributed by atoms with van der Waals surface area (Å²) in [5.74, 6) is 1.28. The molecule has 2 heterocycles. The molecule has 2 aromatic rings. The van der Waals surface area contributed by atoms with E-state index in [4.69, 9.17) is 0 Å². The van der Waals surface area contributed by atoms with Gasteiger partial charge in [0, 0.05) is 30.6 Å². The first-order valence-electron chi connectivity index (χ1n) is 8.70. The molecule has 25 heavy (non-hydrogen) atoms. The van der Waals surface area contributed by atoms with Crippen LogP contribution in [0.5, 0.6) is 0 Å². The van der Waals surface area contributed by atoms with E-state index in [2.05, 4.69) is 39.6 Å². The summed E-state index contributed by atoms with van der Waals surface area (Å²) in [5, 5.41) is 17.9. The molecule has 1 aliphatic heterocycles. The zero-order chi connectivity index (χ0) is 18.0. The molecular weight excluding hydrogens is 314 g/mol. The van der Waals surface area contributed by atoms with Crippen LogP contribution >= 0.6 is 0 Å². The Bertz CT molecular complexity index is 817. The van der Waals surface area contributed by atoms with E-state index in [-0.39, 0.29) is 11.7 Å². The molecule has 1 unspecified atom stereocenters. The van der Waals surface area contributed by atoms with Crippen molar-refractivity contribution in [1.29, 1.82) is 5.26 Å². The Morgan fingerprint density at radius 2 is 2.20 bits per heavy atom. The Kier molecular flexibility index (Phi) is 4.84. The zero-order valence-corrected chi connectivity index (χ0v) is 14.9. The predicted molar refractivity (Wildman–Crippen MR) is 95.8 cm³/mol. The number of carbonyl (C=O) groups is 1. The average molecular weight is 337 g/mol. The fourth-order valence-electron chi connectivity index (χ4n) is 3.46. The Hall–Kier alpha value is -2.68. The van der Waals surface area contributed by atoms with Crippen molar-refractivity contribution in [3.05, 3.63) is 41.5 Å². The smallest absolute Gasteiger partial charge is 0.159 e. The van der Waals surface area contributed by atoms with Gasteiger partial charge >= 0.3 is 0 Å². The lowest BCUT2D eigenvalue weighted by molar-refractivity contribution is 0.101. The van der Waals surface area contributed by atoms with E-state index in [0.29, 0.717) is 17.2 Å². The Morgan fingerprint density at radius 3 is 2.88 bits per heavy atom. The van der Waals surface area contributed by atoms with Crippen LogP contribution in [0.2, 0.25) is 0 Å². The molecule has 6 heteroatoms. The van der Waals surface area contributed by atoms with Crippen LogP contribution < -0.4 is 4.90 Å². The summed E-state index contributed by atoms with van der Waals surface area (Å²) in [6.07, 6.45) is 3.86. The van der Waals surface area contributed by atoms with Gasteiger partial charge in [0.05, 0.1) is 11.3 Å². The van der Waals surface area contributed by atoms with Crippen molar-refractivity contribution in [2.75, 3.05) is 18.0 Å². The van der Waals surface area contributed by atoms with E-state index in [0.717, 1.165) is 37.4 Å². The highest BCUT2D eigenvalue weighted by atomic mass is 16.1. The molecule has 1 aliphatic rings. The third kappa shape index (κ3) is 3.41. The maximum absolute atomic E-state index is 11.7. The molecule has 1 atom stereocenters. The van der Waals surface area contributed by atoms with Crippen LogP contribution in [0.4, 0.5) is 5.69 Å². The number of nitriles is 1. The molecule has 1 aromatic heterocycles. The molecule has 0 bridgehead atoms. The number of ketones is 1. The average Bonchev–Trinajstić information content (AvgIpc) is 3.11. The first-order valence-corrected chi connectivity index (χ1v) is 8.70. The Morgan fingerprint density at radius 1 is 1.40 bits per heavy atom. The van der Waals surface area contributed by atoms with Crippen LogP contribution in [0.15, 0.2) is 24.5 Å². The summed E-state index contributed by atoms with van der Waals surface area (Å²) >= 11 is 0. The predicted octanol–water partition coefficient (Wildman–Crippen LogP) is 3.32. The van der Waals surface area contributed by atoms with Gasteiger partial charge in [-0.15, -0.1) is 10.2 Å². The highest BCUT2D eigenvalue weighted by Crippen LogP contribution is 2.32. The van der Waals surface area contributed by atoms with Gasteiger partial charge in [-0.2, -0.15) is 5.26 Å². The van der Waals surface area contributed by atoms with Crippen LogP contribution in [-0.4, -0.2) is 33.6 Å². The van der Waals surface area contributed by atoms with Crippen molar-refractivity contribution in [1.82, 2.24) is 14.8 Å². The number of rotatable bonds is 4. The fraction of sp³-hybridized carbons (Fsp3) is 0.474. The summed E-state index contributed by atoms with van der Waals surface area (Å²) < 4.78 is 2.12. The number of Topliss-reactive ketones (excluding diaryl/α,β-unsaturated/α-hetero) is 1. The van der Waals surface area contributed by atoms with Crippen LogP contribution in [0, 0.1) is 11.3 Å². The Balaban J connectivity index is 1.91. The molecule has 130 valence electrons. The quantitative estimate of drug-likeness (QED) is 0.800. The van der Waals surface area contributed by atoms with E-state index in [1.807, 2.05) is 6.07 Å². The standard InChI is InChI=1S/C19H23N5O/c1-13(2)24-12-21-22-19(24)17-5-4-8-23(11-17)18-9-15(14(3)25)6-7-16(18)10-20/h6-7,9,12-13,17H,4-5,8,11H2,1-3H3. The van der Waals surface area contributed by atoms with Gasteiger partial charge in [0.1, 0.15) is 18.2 Å². The number of nitrogens with zero attached hydrogens (tertiary/aromatic N) is 5. The highest BCUT2D eigenvalue weighted by molar-refractivity contribution is 5.95. The van der Waals surface area contributed by atoms with Crippen LogP contribution in [-0.2, 0) is 0 Å². The van der Waals surface area contributed by atoms with Crippen molar-refractivity contribution in [3.8, 4) is 6.07 Å². The minimum absolute atomic E-state index is 0.0128. The maximum atomic E-state index is 11.7. The van der Waals surface area contributed by atoms with Crippen LogP contribution in [0.25, 0.3) is 0 Å². The van der Waals surface area contributed by atoms with Gasteiger partial charge in [-0.3, -0.25) is 4.79 Å². The second-order valence-corrected chi connectivity index (χ2v) is 6.88. The van der Waals surface area contributed by atoms with Crippen LogP contribution in [0.1, 0.15) is 67.3 Å². The second-order valence-electron chi connectivity index (χ2n) is 6.88. The summed E-state index contributed by atoms with van der Waals surface area (Å²) in [6, 6.07) is 7.88. The summed E-state index contributed by atoms with van der Waals surface area (Å²) in [5.41, 5.74) is 2.09. The number of aromatic nitrogens is 3. The van der Waals surface area contributed by atoms with Crippen molar-refractivity contribution in [2.24, 2.45) is 0 Å². The van der Waals surface area contributed by atoms with Crippen molar-refractivity contribution >= 4 is 11.5 Å². The summed E-state index contributed by atoms with van der Waals surface area (Å²) in [7, 11) is 0. The van der Waals surface area contributed by atoms with Gasteiger partial charge in [-0.25, -0.2) is 0 Å². The molecule has 1 saturated heterocycles. The monoisotopic (exact) mass is 337 g/mol. The molecule has 0 spiro atoms. The van der Waals surface area contributed by atoms with Gasteiger partial charge in [0.15, 0.2) is 5.78 Å². The van der Waals surface area contributed by atoms with Crippen molar-refractivity contribution < 1.29 is 4.79 Å². The number of piperidine rings is 1. The van der Waals surface area contributed by atoms with E-state index in [1.165, 1.54) is 0 Å². The SMILES string of the molecule is CC(=O)c1ccc(C#N)c(N2CCCC(c3nncn3C(C)C)C2)c1. The fourth-order valence-corrected chi connectivity index (χ4v) is 3.46. The highest BCUT2D eigenvalue weighted by Gasteiger charge is 2.27.